The van der Waals surface area contributed by atoms with Crippen molar-refractivity contribution in [1.29, 1.82) is 0 Å². The lowest BCUT2D eigenvalue weighted by molar-refractivity contribution is 0.158. The van der Waals surface area contributed by atoms with Crippen molar-refractivity contribution in [3.8, 4) is 5.75 Å². The lowest BCUT2D eigenvalue weighted by atomic mass is 9.77. The lowest BCUT2D eigenvalue weighted by Crippen LogP contribution is -2.21. The fourth-order valence-electron chi connectivity index (χ4n) is 3.83. The van der Waals surface area contributed by atoms with Crippen LogP contribution in [-0.4, -0.2) is 11.7 Å². The van der Waals surface area contributed by atoms with Gasteiger partial charge in [0.05, 0.1) is 12.7 Å². The van der Waals surface area contributed by atoms with Crippen LogP contribution in [0.1, 0.15) is 136 Å². The first-order valence-electron chi connectivity index (χ1n) is 12.4. The number of aliphatic hydroxyl groups excluding tert-OH is 1. The summed E-state index contributed by atoms with van der Waals surface area (Å²) in [6, 6.07) is 4.41. The first kappa shape index (κ1) is 27.0. The lowest BCUT2D eigenvalue weighted by Gasteiger charge is -2.31. The van der Waals surface area contributed by atoms with E-state index in [1.807, 2.05) is 0 Å². The quantitative estimate of drug-likeness (QED) is 0.345. The van der Waals surface area contributed by atoms with Crippen LogP contribution in [0, 0.1) is 5.92 Å². The zero-order valence-corrected chi connectivity index (χ0v) is 21.5. The van der Waals surface area contributed by atoms with Gasteiger partial charge in [0.15, 0.2) is 0 Å². The molecule has 0 radical (unpaired) electrons. The van der Waals surface area contributed by atoms with E-state index in [9.17, 15) is 5.11 Å². The van der Waals surface area contributed by atoms with Crippen molar-refractivity contribution in [2.75, 3.05) is 6.61 Å². The Kier molecular flexibility index (Phi) is 10.9. The van der Waals surface area contributed by atoms with Crippen LogP contribution >= 0.6 is 0 Å². The normalized spacial score (nSPS) is 13.7. The molecule has 1 aromatic carbocycles. The SMILES string of the molecule is CCCCCCCCOc1c(C(C)(C)C)cc(C(O)CCC(C)C)cc1C(C)(C)C. The highest BCUT2D eigenvalue weighted by Crippen LogP contribution is 2.42. The standard InChI is InChI=1S/C28H50O2/c1-10-11-12-13-14-15-18-30-26-23(27(4,5)6)19-22(20-24(26)28(7,8)9)25(29)17-16-21(2)3/h19-21,25,29H,10-18H2,1-9H3. The number of ether oxygens (including phenoxy) is 1. The van der Waals surface area contributed by atoms with E-state index < -0.39 is 6.10 Å². The number of aliphatic hydroxyl groups is 1. The van der Waals surface area contributed by atoms with E-state index in [1.54, 1.807) is 0 Å². The van der Waals surface area contributed by atoms with Gasteiger partial charge in [-0.05, 0) is 53.7 Å². The Bertz CT molecular complexity index is 582. The minimum absolute atomic E-state index is 0.0375. The molecule has 0 aliphatic heterocycles. The molecule has 0 saturated heterocycles. The van der Waals surface area contributed by atoms with Crippen LogP contribution < -0.4 is 4.74 Å². The van der Waals surface area contributed by atoms with E-state index >= 15 is 0 Å². The maximum Gasteiger partial charge on any atom is 0.126 e. The predicted octanol–water partition coefficient (Wildman–Crippen LogP) is 8.49. The summed E-state index contributed by atoms with van der Waals surface area (Å²) in [5, 5.41) is 10.9. The van der Waals surface area contributed by atoms with Gasteiger partial charge in [-0.2, -0.15) is 0 Å². The minimum atomic E-state index is -0.415. The molecule has 0 amide bonds. The van der Waals surface area contributed by atoms with Crippen molar-refractivity contribution in [3.05, 3.63) is 28.8 Å². The third-order valence-corrected chi connectivity index (χ3v) is 5.87. The minimum Gasteiger partial charge on any atom is -0.493 e. The average molecular weight is 419 g/mol. The van der Waals surface area contributed by atoms with Crippen molar-refractivity contribution in [3.63, 3.8) is 0 Å². The number of hydrogen-bond acceptors (Lipinski definition) is 2. The Balaban J connectivity index is 3.14. The summed E-state index contributed by atoms with van der Waals surface area (Å²) in [6.45, 7) is 20.9. The third-order valence-electron chi connectivity index (χ3n) is 5.87. The first-order chi connectivity index (χ1) is 13.9. The van der Waals surface area contributed by atoms with Gasteiger partial charge in [-0.1, -0.05) is 94.4 Å². The van der Waals surface area contributed by atoms with Crippen LogP contribution in [0.2, 0.25) is 0 Å². The van der Waals surface area contributed by atoms with E-state index in [0.29, 0.717) is 5.92 Å². The molecular formula is C28H50O2. The molecule has 0 spiro atoms. The molecule has 0 fully saturated rings. The van der Waals surface area contributed by atoms with E-state index in [1.165, 1.54) is 43.2 Å². The molecule has 1 aromatic rings. The molecule has 1 unspecified atom stereocenters. The summed E-state index contributed by atoms with van der Waals surface area (Å²) in [6.07, 6.45) is 9.03. The number of unbranched alkanes of at least 4 members (excludes halogenated alkanes) is 5. The third kappa shape index (κ3) is 9.00. The highest BCUT2D eigenvalue weighted by molar-refractivity contribution is 5.51. The number of rotatable bonds is 12. The second-order valence-electron chi connectivity index (χ2n) is 11.5. The summed E-state index contributed by atoms with van der Waals surface area (Å²) in [7, 11) is 0. The molecular weight excluding hydrogens is 368 g/mol. The van der Waals surface area contributed by atoms with Gasteiger partial charge in [-0.3, -0.25) is 0 Å². The van der Waals surface area contributed by atoms with Crippen molar-refractivity contribution in [1.82, 2.24) is 0 Å². The highest BCUT2D eigenvalue weighted by Gasteiger charge is 2.29. The van der Waals surface area contributed by atoms with E-state index in [-0.39, 0.29) is 10.8 Å². The van der Waals surface area contributed by atoms with Crippen molar-refractivity contribution < 1.29 is 9.84 Å². The van der Waals surface area contributed by atoms with Gasteiger partial charge in [-0.15, -0.1) is 0 Å². The van der Waals surface area contributed by atoms with Crippen LogP contribution in [0.4, 0.5) is 0 Å². The Morgan fingerprint density at radius 2 is 1.30 bits per heavy atom. The van der Waals surface area contributed by atoms with E-state index in [4.69, 9.17) is 4.74 Å². The maximum atomic E-state index is 10.9. The van der Waals surface area contributed by atoms with E-state index in [0.717, 1.165) is 37.2 Å². The van der Waals surface area contributed by atoms with Crippen LogP contribution in [0.15, 0.2) is 12.1 Å². The smallest absolute Gasteiger partial charge is 0.126 e. The van der Waals surface area contributed by atoms with Gasteiger partial charge >= 0.3 is 0 Å². The summed E-state index contributed by atoms with van der Waals surface area (Å²) in [5.74, 6) is 1.65. The van der Waals surface area contributed by atoms with Gasteiger partial charge in [0.25, 0.3) is 0 Å². The van der Waals surface area contributed by atoms with Gasteiger partial charge in [0.1, 0.15) is 5.75 Å². The fraction of sp³-hybridized carbons (Fsp3) is 0.786. The largest absolute Gasteiger partial charge is 0.493 e. The maximum absolute atomic E-state index is 10.9. The Hall–Kier alpha value is -1.02. The summed E-state index contributed by atoms with van der Waals surface area (Å²) in [5.41, 5.74) is 3.41. The van der Waals surface area contributed by atoms with Gasteiger partial charge < -0.3 is 9.84 Å². The van der Waals surface area contributed by atoms with Crippen LogP contribution in [0.3, 0.4) is 0 Å². The molecule has 2 nitrogen and oxygen atoms in total. The molecule has 30 heavy (non-hydrogen) atoms. The molecule has 0 aromatic heterocycles. The first-order valence-corrected chi connectivity index (χ1v) is 12.4. The summed E-state index contributed by atoms with van der Waals surface area (Å²) >= 11 is 0. The molecule has 0 saturated carbocycles. The van der Waals surface area contributed by atoms with Gasteiger partial charge in [0, 0.05) is 11.1 Å². The Morgan fingerprint density at radius 3 is 1.77 bits per heavy atom. The number of benzene rings is 1. The summed E-state index contributed by atoms with van der Waals surface area (Å²) < 4.78 is 6.48. The summed E-state index contributed by atoms with van der Waals surface area (Å²) in [4.78, 5) is 0. The van der Waals surface area contributed by atoms with Crippen LogP contribution in [0.25, 0.3) is 0 Å². The van der Waals surface area contributed by atoms with Gasteiger partial charge in [0.2, 0.25) is 0 Å². The van der Waals surface area contributed by atoms with E-state index in [2.05, 4.69) is 74.4 Å². The molecule has 0 bridgehead atoms. The fourth-order valence-corrected chi connectivity index (χ4v) is 3.83. The molecule has 1 N–H and O–H groups in total. The molecule has 1 atom stereocenters. The molecule has 0 aliphatic rings. The van der Waals surface area contributed by atoms with Gasteiger partial charge in [-0.25, -0.2) is 0 Å². The Morgan fingerprint density at radius 1 is 0.800 bits per heavy atom. The average Bonchev–Trinajstić information content (AvgIpc) is 2.63. The van der Waals surface area contributed by atoms with Crippen molar-refractivity contribution in [2.24, 2.45) is 5.92 Å². The zero-order chi connectivity index (χ0) is 22.9. The van der Waals surface area contributed by atoms with Crippen molar-refractivity contribution in [2.45, 2.75) is 131 Å². The molecule has 174 valence electrons. The number of hydrogen-bond donors (Lipinski definition) is 1. The topological polar surface area (TPSA) is 29.5 Å². The molecule has 1 rings (SSSR count). The molecule has 0 heterocycles. The zero-order valence-electron chi connectivity index (χ0n) is 21.5. The highest BCUT2D eigenvalue weighted by atomic mass is 16.5. The molecule has 0 aliphatic carbocycles. The van der Waals surface area contributed by atoms with Crippen molar-refractivity contribution >= 4 is 0 Å². The van der Waals surface area contributed by atoms with Crippen LogP contribution in [-0.2, 0) is 10.8 Å². The monoisotopic (exact) mass is 418 g/mol. The Labute approximate surface area is 187 Å². The second-order valence-corrected chi connectivity index (χ2v) is 11.5. The second kappa shape index (κ2) is 12.1. The molecule has 2 heteroatoms. The predicted molar refractivity (Wildman–Crippen MR) is 132 cm³/mol. The van der Waals surface area contributed by atoms with Crippen LogP contribution in [0.5, 0.6) is 5.75 Å².